The smallest absolute Gasteiger partial charge is 0.243 e. The van der Waals surface area contributed by atoms with Crippen molar-refractivity contribution in [3.05, 3.63) is 59.9 Å². The molecule has 0 spiro atoms. The van der Waals surface area contributed by atoms with E-state index in [0.29, 0.717) is 38.6 Å². The molecule has 9 heteroatoms. The quantitative estimate of drug-likeness (QED) is 0.697. The first-order valence-corrected chi connectivity index (χ1v) is 11.6. The number of sulfonamides is 1. The van der Waals surface area contributed by atoms with Gasteiger partial charge in [0.1, 0.15) is 0 Å². The largest absolute Gasteiger partial charge is 0.379 e. The van der Waals surface area contributed by atoms with E-state index in [0.717, 1.165) is 16.9 Å². The lowest BCUT2D eigenvalue weighted by Crippen LogP contribution is -2.40. The molecule has 28 heavy (non-hydrogen) atoms. The Bertz CT molecular complexity index is 868. The van der Waals surface area contributed by atoms with Crippen molar-refractivity contribution < 1.29 is 17.9 Å². The van der Waals surface area contributed by atoms with Gasteiger partial charge in [-0.3, -0.25) is 9.78 Å². The molecule has 2 aromatic rings. The summed E-state index contributed by atoms with van der Waals surface area (Å²) in [6.45, 7) is 1.95. The van der Waals surface area contributed by atoms with Crippen molar-refractivity contribution in [2.24, 2.45) is 0 Å². The molecular weight excluding hydrogens is 398 g/mol. The minimum Gasteiger partial charge on any atom is -0.379 e. The van der Waals surface area contributed by atoms with Gasteiger partial charge in [-0.15, -0.1) is 11.8 Å². The van der Waals surface area contributed by atoms with Crippen molar-refractivity contribution in [1.82, 2.24) is 14.6 Å². The van der Waals surface area contributed by atoms with Crippen LogP contribution in [0.25, 0.3) is 0 Å². The van der Waals surface area contributed by atoms with Gasteiger partial charge in [0.25, 0.3) is 0 Å². The van der Waals surface area contributed by atoms with E-state index in [1.54, 1.807) is 36.7 Å². The summed E-state index contributed by atoms with van der Waals surface area (Å²) >= 11 is 1.52. The van der Waals surface area contributed by atoms with Crippen molar-refractivity contribution in [2.45, 2.75) is 17.2 Å². The predicted octanol–water partition coefficient (Wildman–Crippen LogP) is 1.65. The Balaban J connectivity index is 1.45. The maximum atomic E-state index is 12.6. The van der Waals surface area contributed by atoms with Gasteiger partial charge >= 0.3 is 0 Å². The Morgan fingerprint density at radius 1 is 1.14 bits per heavy atom. The highest BCUT2D eigenvalue weighted by atomic mass is 32.2. The standard InChI is InChI=1S/C19H23N3O4S2/c23-19(15-27-14-17-2-1-7-20-12-17)21-13-16-3-5-18(6-4-16)28(24,25)22-8-10-26-11-9-22/h1-7,12H,8-11,13-15H2,(H,21,23). The van der Waals surface area contributed by atoms with E-state index in [1.807, 2.05) is 12.1 Å². The molecule has 1 aromatic heterocycles. The summed E-state index contributed by atoms with van der Waals surface area (Å²) in [5.74, 6) is 1.03. The third-order valence-corrected chi connectivity index (χ3v) is 7.16. The Labute approximate surface area is 169 Å². The van der Waals surface area contributed by atoms with Gasteiger partial charge in [0, 0.05) is 37.8 Å². The number of aromatic nitrogens is 1. The van der Waals surface area contributed by atoms with Gasteiger partial charge in [-0.25, -0.2) is 8.42 Å². The summed E-state index contributed by atoms with van der Waals surface area (Å²) in [4.78, 5) is 16.3. The van der Waals surface area contributed by atoms with E-state index in [2.05, 4.69) is 10.3 Å². The molecule has 1 N–H and O–H groups in total. The van der Waals surface area contributed by atoms with E-state index in [1.165, 1.54) is 16.1 Å². The Morgan fingerprint density at radius 2 is 1.89 bits per heavy atom. The highest BCUT2D eigenvalue weighted by Crippen LogP contribution is 2.17. The summed E-state index contributed by atoms with van der Waals surface area (Å²) in [7, 11) is -3.49. The number of rotatable bonds is 8. The van der Waals surface area contributed by atoms with Crippen LogP contribution < -0.4 is 5.32 Å². The molecule has 1 aliphatic heterocycles. The molecule has 1 amide bonds. The monoisotopic (exact) mass is 421 g/mol. The number of hydrogen-bond acceptors (Lipinski definition) is 6. The molecule has 1 aliphatic rings. The van der Waals surface area contributed by atoms with Crippen molar-refractivity contribution in [3.8, 4) is 0 Å². The summed E-state index contributed by atoms with van der Waals surface area (Å²) < 4.78 is 31.8. The number of nitrogens with one attached hydrogen (secondary N) is 1. The Hall–Kier alpha value is -1.94. The number of pyridine rings is 1. The van der Waals surface area contributed by atoms with Crippen LogP contribution in [0.1, 0.15) is 11.1 Å². The number of morpholine rings is 1. The molecule has 1 saturated heterocycles. The number of nitrogens with zero attached hydrogens (tertiary/aromatic N) is 2. The maximum Gasteiger partial charge on any atom is 0.243 e. The number of carbonyl (C=O) groups excluding carboxylic acids is 1. The zero-order valence-electron chi connectivity index (χ0n) is 15.4. The van der Waals surface area contributed by atoms with E-state index in [4.69, 9.17) is 4.74 Å². The van der Waals surface area contributed by atoms with Crippen LogP contribution in [0.5, 0.6) is 0 Å². The van der Waals surface area contributed by atoms with Gasteiger partial charge in [-0.1, -0.05) is 18.2 Å². The third-order valence-electron chi connectivity index (χ3n) is 4.25. The zero-order valence-corrected chi connectivity index (χ0v) is 17.0. The van der Waals surface area contributed by atoms with Crippen molar-refractivity contribution in [3.63, 3.8) is 0 Å². The van der Waals surface area contributed by atoms with E-state index in [9.17, 15) is 13.2 Å². The van der Waals surface area contributed by atoms with Crippen molar-refractivity contribution in [2.75, 3.05) is 32.1 Å². The lowest BCUT2D eigenvalue weighted by atomic mass is 10.2. The van der Waals surface area contributed by atoms with Crippen LogP contribution in [0.4, 0.5) is 0 Å². The topological polar surface area (TPSA) is 88.6 Å². The second-order valence-corrected chi connectivity index (χ2v) is 9.21. The van der Waals surface area contributed by atoms with E-state index >= 15 is 0 Å². The molecule has 0 bridgehead atoms. The summed E-state index contributed by atoms with van der Waals surface area (Å²) in [6, 6.07) is 10.5. The lowest BCUT2D eigenvalue weighted by molar-refractivity contribution is -0.118. The first-order valence-electron chi connectivity index (χ1n) is 8.96. The van der Waals surface area contributed by atoms with Crippen molar-refractivity contribution >= 4 is 27.7 Å². The van der Waals surface area contributed by atoms with Gasteiger partial charge in [-0.2, -0.15) is 4.31 Å². The molecule has 0 saturated carbocycles. The van der Waals surface area contributed by atoms with Gasteiger partial charge in [0.15, 0.2) is 0 Å². The molecule has 0 radical (unpaired) electrons. The second-order valence-electron chi connectivity index (χ2n) is 6.29. The van der Waals surface area contributed by atoms with Crippen molar-refractivity contribution in [1.29, 1.82) is 0 Å². The third kappa shape index (κ3) is 5.78. The van der Waals surface area contributed by atoms with Crippen LogP contribution in [0.3, 0.4) is 0 Å². The van der Waals surface area contributed by atoms with Crippen LogP contribution in [0.2, 0.25) is 0 Å². The average molecular weight is 422 g/mol. The van der Waals surface area contributed by atoms with Crippen LogP contribution in [0.15, 0.2) is 53.7 Å². The minimum absolute atomic E-state index is 0.0566. The van der Waals surface area contributed by atoms with E-state index in [-0.39, 0.29) is 10.8 Å². The molecule has 1 fully saturated rings. The van der Waals surface area contributed by atoms with Gasteiger partial charge in [0.05, 0.1) is 23.9 Å². The number of carbonyl (C=O) groups is 1. The fraction of sp³-hybridized carbons (Fsp3) is 0.368. The fourth-order valence-electron chi connectivity index (χ4n) is 2.71. The number of thioether (sulfide) groups is 1. The Kier molecular flexibility index (Phi) is 7.43. The van der Waals surface area contributed by atoms with Crippen LogP contribution in [-0.2, 0) is 31.9 Å². The minimum atomic E-state index is -3.49. The van der Waals surface area contributed by atoms with E-state index < -0.39 is 10.0 Å². The van der Waals surface area contributed by atoms with Crippen LogP contribution in [0, 0.1) is 0 Å². The SMILES string of the molecule is O=C(CSCc1cccnc1)NCc1ccc(S(=O)(=O)N2CCOCC2)cc1. The van der Waals surface area contributed by atoms with Crippen LogP contribution in [-0.4, -0.2) is 55.7 Å². The highest BCUT2D eigenvalue weighted by molar-refractivity contribution is 7.99. The molecular formula is C19H23N3O4S2. The number of amides is 1. The van der Waals surface area contributed by atoms with Crippen LogP contribution >= 0.6 is 11.8 Å². The molecule has 1 aromatic carbocycles. The molecule has 0 atom stereocenters. The summed E-state index contributed by atoms with van der Waals surface area (Å²) in [5.41, 5.74) is 1.93. The predicted molar refractivity (Wildman–Crippen MR) is 108 cm³/mol. The van der Waals surface area contributed by atoms with Gasteiger partial charge < -0.3 is 10.1 Å². The summed E-state index contributed by atoms with van der Waals surface area (Å²) in [6.07, 6.45) is 3.51. The zero-order chi connectivity index (χ0) is 19.8. The van der Waals surface area contributed by atoms with Gasteiger partial charge in [0.2, 0.25) is 15.9 Å². The first-order chi connectivity index (χ1) is 13.6. The maximum absolute atomic E-state index is 12.6. The molecule has 7 nitrogen and oxygen atoms in total. The fourth-order valence-corrected chi connectivity index (χ4v) is 4.92. The molecule has 150 valence electrons. The first kappa shape index (κ1) is 20.8. The Morgan fingerprint density at radius 3 is 2.57 bits per heavy atom. The summed E-state index contributed by atoms with van der Waals surface area (Å²) in [5, 5.41) is 2.86. The lowest BCUT2D eigenvalue weighted by Gasteiger charge is -2.26. The molecule has 2 heterocycles. The number of benzene rings is 1. The molecule has 0 aliphatic carbocycles. The normalized spacial score (nSPS) is 15.3. The highest BCUT2D eigenvalue weighted by Gasteiger charge is 2.26. The molecule has 3 rings (SSSR count). The van der Waals surface area contributed by atoms with Gasteiger partial charge in [-0.05, 0) is 29.3 Å². The molecule has 0 unspecified atom stereocenters. The number of hydrogen-bond donors (Lipinski definition) is 1. The second kappa shape index (κ2) is 10.0. The average Bonchev–Trinajstić information content (AvgIpc) is 2.74. The number of ether oxygens (including phenoxy) is 1.